The molecule has 0 spiro atoms. The number of hydrogen-bond donors (Lipinski definition) is 2. The van der Waals surface area contributed by atoms with Crippen LogP contribution >= 0.6 is 0 Å². The van der Waals surface area contributed by atoms with Crippen LogP contribution in [0, 0.1) is 6.92 Å². The largest absolute Gasteiger partial charge is 0.392 e. The van der Waals surface area contributed by atoms with Crippen LogP contribution in [0.25, 0.3) is 0 Å². The van der Waals surface area contributed by atoms with Crippen LogP contribution in [0.4, 0.5) is 5.69 Å². The molecule has 2 aromatic carbocycles. The predicted molar refractivity (Wildman–Crippen MR) is 90.6 cm³/mol. The zero-order chi connectivity index (χ0) is 16.9. The zero-order valence-corrected chi connectivity index (χ0v) is 13.3. The number of aromatic nitrogens is 3. The van der Waals surface area contributed by atoms with Gasteiger partial charge in [-0.25, -0.2) is 4.68 Å². The Labute approximate surface area is 139 Å². The second kappa shape index (κ2) is 7.06. The number of benzene rings is 2. The van der Waals surface area contributed by atoms with Crippen LogP contribution in [0.2, 0.25) is 0 Å². The fourth-order valence-electron chi connectivity index (χ4n) is 2.36. The van der Waals surface area contributed by atoms with E-state index in [4.69, 9.17) is 5.11 Å². The summed E-state index contributed by atoms with van der Waals surface area (Å²) in [6.07, 6.45) is 0. The Balaban J connectivity index is 1.73. The molecule has 0 saturated carbocycles. The highest BCUT2D eigenvalue weighted by Crippen LogP contribution is 2.13. The van der Waals surface area contributed by atoms with Gasteiger partial charge >= 0.3 is 0 Å². The lowest BCUT2D eigenvalue weighted by Gasteiger charge is -2.06. The summed E-state index contributed by atoms with van der Waals surface area (Å²) in [6.45, 7) is 2.37. The molecule has 0 saturated heterocycles. The molecule has 0 aliphatic rings. The minimum atomic E-state index is -0.302. The molecule has 3 rings (SSSR count). The topological polar surface area (TPSA) is 80.0 Å². The zero-order valence-electron chi connectivity index (χ0n) is 13.3. The van der Waals surface area contributed by atoms with E-state index in [0.29, 0.717) is 23.6 Å². The Hall–Kier alpha value is -2.99. The molecule has 6 heteroatoms. The van der Waals surface area contributed by atoms with Crippen LogP contribution in [-0.4, -0.2) is 26.0 Å². The Bertz CT molecular complexity index is 826. The average molecular weight is 322 g/mol. The highest BCUT2D eigenvalue weighted by Gasteiger charge is 2.16. The van der Waals surface area contributed by atoms with Gasteiger partial charge in [-0.05, 0) is 30.2 Å². The Morgan fingerprint density at radius 1 is 1.08 bits per heavy atom. The van der Waals surface area contributed by atoms with Crippen molar-refractivity contribution in [1.82, 2.24) is 15.0 Å². The monoisotopic (exact) mass is 322 g/mol. The number of carbonyl (C=O) groups is 1. The molecule has 0 radical (unpaired) electrons. The van der Waals surface area contributed by atoms with Gasteiger partial charge in [0.1, 0.15) is 0 Å². The lowest BCUT2D eigenvalue weighted by atomic mass is 10.2. The summed E-state index contributed by atoms with van der Waals surface area (Å²) in [4.78, 5) is 12.4. The van der Waals surface area contributed by atoms with Gasteiger partial charge in [0.25, 0.3) is 5.91 Å². The van der Waals surface area contributed by atoms with Crippen LogP contribution in [0.3, 0.4) is 0 Å². The molecule has 0 aliphatic heterocycles. The van der Waals surface area contributed by atoms with Gasteiger partial charge in [0.05, 0.1) is 18.8 Å². The SMILES string of the molecule is Cc1c(C(=O)Nc2ccc(CO)cc2)nnn1Cc1ccccc1. The number of aliphatic hydroxyl groups is 1. The van der Waals surface area contributed by atoms with E-state index in [1.54, 1.807) is 28.9 Å². The van der Waals surface area contributed by atoms with Crippen LogP contribution in [0.5, 0.6) is 0 Å². The number of anilines is 1. The summed E-state index contributed by atoms with van der Waals surface area (Å²) in [5, 5.41) is 19.9. The van der Waals surface area contributed by atoms with Crippen molar-refractivity contribution >= 4 is 11.6 Å². The first-order valence-electron chi connectivity index (χ1n) is 7.62. The van der Waals surface area contributed by atoms with E-state index in [9.17, 15) is 4.79 Å². The molecule has 1 amide bonds. The standard InChI is InChI=1S/C18H18N4O2/c1-13-17(18(24)19-16-9-7-15(12-23)8-10-16)20-21-22(13)11-14-5-3-2-4-6-14/h2-10,23H,11-12H2,1H3,(H,19,24). The number of hydrogen-bond acceptors (Lipinski definition) is 4. The molecular weight excluding hydrogens is 304 g/mol. The average Bonchev–Trinajstić information content (AvgIpc) is 2.97. The van der Waals surface area contributed by atoms with Crippen LogP contribution in [0.1, 0.15) is 27.3 Å². The first-order chi connectivity index (χ1) is 11.7. The number of carbonyl (C=O) groups excluding carboxylic acids is 1. The maximum absolute atomic E-state index is 12.4. The number of amides is 1. The van der Waals surface area contributed by atoms with E-state index < -0.39 is 0 Å². The third-order valence-corrected chi connectivity index (χ3v) is 3.77. The van der Waals surface area contributed by atoms with Gasteiger partial charge in [0, 0.05) is 5.69 Å². The van der Waals surface area contributed by atoms with Gasteiger partial charge in [0.15, 0.2) is 5.69 Å². The van der Waals surface area contributed by atoms with Crippen molar-refractivity contribution < 1.29 is 9.90 Å². The quantitative estimate of drug-likeness (QED) is 0.756. The van der Waals surface area contributed by atoms with Crippen molar-refractivity contribution in [3.05, 3.63) is 77.1 Å². The summed E-state index contributed by atoms with van der Waals surface area (Å²) in [6, 6.07) is 16.9. The second-order valence-corrected chi connectivity index (χ2v) is 5.48. The van der Waals surface area contributed by atoms with Crippen LogP contribution < -0.4 is 5.32 Å². The normalized spacial score (nSPS) is 10.6. The van der Waals surface area contributed by atoms with E-state index in [0.717, 1.165) is 11.1 Å². The minimum absolute atomic E-state index is 0.0266. The molecule has 0 aliphatic carbocycles. The summed E-state index contributed by atoms with van der Waals surface area (Å²) >= 11 is 0. The maximum atomic E-state index is 12.4. The van der Waals surface area contributed by atoms with Crippen molar-refractivity contribution in [2.75, 3.05) is 5.32 Å². The van der Waals surface area contributed by atoms with Gasteiger partial charge in [0.2, 0.25) is 0 Å². The van der Waals surface area contributed by atoms with Gasteiger partial charge < -0.3 is 10.4 Å². The summed E-state index contributed by atoms with van der Waals surface area (Å²) in [5.74, 6) is -0.302. The van der Waals surface area contributed by atoms with Crippen molar-refractivity contribution in [3.8, 4) is 0 Å². The lowest BCUT2D eigenvalue weighted by molar-refractivity contribution is 0.102. The summed E-state index contributed by atoms with van der Waals surface area (Å²) < 4.78 is 1.71. The summed E-state index contributed by atoms with van der Waals surface area (Å²) in [5.41, 5.74) is 3.55. The first-order valence-corrected chi connectivity index (χ1v) is 7.62. The molecule has 24 heavy (non-hydrogen) atoms. The molecule has 1 heterocycles. The third-order valence-electron chi connectivity index (χ3n) is 3.77. The Morgan fingerprint density at radius 2 is 1.79 bits per heavy atom. The fourth-order valence-corrected chi connectivity index (χ4v) is 2.36. The Kier molecular flexibility index (Phi) is 4.67. The molecule has 2 N–H and O–H groups in total. The second-order valence-electron chi connectivity index (χ2n) is 5.48. The van der Waals surface area contributed by atoms with E-state index in [2.05, 4.69) is 15.6 Å². The van der Waals surface area contributed by atoms with E-state index in [1.165, 1.54) is 0 Å². The van der Waals surface area contributed by atoms with Crippen LogP contribution in [-0.2, 0) is 13.2 Å². The first kappa shape index (κ1) is 15.9. The van der Waals surface area contributed by atoms with Crippen molar-refractivity contribution in [1.29, 1.82) is 0 Å². The van der Waals surface area contributed by atoms with Crippen molar-refractivity contribution in [3.63, 3.8) is 0 Å². The smallest absolute Gasteiger partial charge is 0.278 e. The van der Waals surface area contributed by atoms with E-state index in [1.807, 2.05) is 37.3 Å². The molecule has 1 aromatic heterocycles. The van der Waals surface area contributed by atoms with Gasteiger partial charge in [-0.15, -0.1) is 5.10 Å². The number of aliphatic hydroxyl groups excluding tert-OH is 1. The minimum Gasteiger partial charge on any atom is -0.392 e. The van der Waals surface area contributed by atoms with Crippen LogP contribution in [0.15, 0.2) is 54.6 Å². The highest BCUT2D eigenvalue weighted by molar-refractivity contribution is 6.03. The molecule has 0 unspecified atom stereocenters. The molecule has 3 aromatic rings. The van der Waals surface area contributed by atoms with E-state index in [-0.39, 0.29) is 12.5 Å². The third kappa shape index (κ3) is 3.49. The lowest BCUT2D eigenvalue weighted by Crippen LogP contribution is -2.14. The van der Waals surface area contributed by atoms with Gasteiger partial charge in [-0.2, -0.15) is 0 Å². The van der Waals surface area contributed by atoms with Gasteiger partial charge in [-0.1, -0.05) is 47.7 Å². The molecule has 6 nitrogen and oxygen atoms in total. The number of rotatable bonds is 5. The van der Waals surface area contributed by atoms with E-state index >= 15 is 0 Å². The summed E-state index contributed by atoms with van der Waals surface area (Å²) in [7, 11) is 0. The molecule has 0 fully saturated rings. The Morgan fingerprint density at radius 3 is 2.46 bits per heavy atom. The number of nitrogens with one attached hydrogen (secondary N) is 1. The maximum Gasteiger partial charge on any atom is 0.278 e. The molecule has 0 bridgehead atoms. The fraction of sp³-hybridized carbons (Fsp3) is 0.167. The van der Waals surface area contributed by atoms with Crippen molar-refractivity contribution in [2.24, 2.45) is 0 Å². The van der Waals surface area contributed by atoms with Crippen molar-refractivity contribution in [2.45, 2.75) is 20.1 Å². The number of nitrogens with zero attached hydrogens (tertiary/aromatic N) is 3. The van der Waals surface area contributed by atoms with Gasteiger partial charge in [-0.3, -0.25) is 4.79 Å². The predicted octanol–water partition coefficient (Wildman–Crippen LogP) is 2.38. The molecule has 0 atom stereocenters. The highest BCUT2D eigenvalue weighted by atomic mass is 16.3. The molecule has 122 valence electrons. The molecular formula is C18H18N4O2.